The monoisotopic (exact) mass is 527 g/mol. The number of fused-ring (bicyclic) bond motifs is 3. The lowest BCUT2D eigenvalue weighted by Crippen LogP contribution is -2.24. The first-order valence-electron chi connectivity index (χ1n) is 11.3. The smallest absolute Gasteiger partial charge is 0.267 e. The molecule has 1 amide bonds. The Morgan fingerprint density at radius 1 is 1.20 bits per heavy atom. The molecule has 0 bridgehead atoms. The van der Waals surface area contributed by atoms with Crippen LogP contribution in [0.3, 0.4) is 0 Å². The van der Waals surface area contributed by atoms with Crippen molar-refractivity contribution in [2.75, 3.05) is 11.1 Å². The number of carbonyl (C=O) groups excluding carboxylic acids is 1. The third kappa shape index (κ3) is 4.75. The van der Waals surface area contributed by atoms with Gasteiger partial charge in [-0.25, -0.2) is 9.37 Å². The van der Waals surface area contributed by atoms with Gasteiger partial charge in [0.15, 0.2) is 5.16 Å². The predicted molar refractivity (Wildman–Crippen MR) is 142 cm³/mol. The van der Waals surface area contributed by atoms with E-state index >= 15 is 0 Å². The minimum atomic E-state index is -0.548. The molecule has 1 aliphatic rings. The fraction of sp³-hybridized carbons (Fsp3) is 0.269. The average molecular weight is 528 g/mol. The molecule has 9 heteroatoms. The summed E-state index contributed by atoms with van der Waals surface area (Å²) in [6, 6.07) is 9.97. The number of carbonyl (C=O) groups is 1. The fourth-order valence-electron chi connectivity index (χ4n) is 4.45. The van der Waals surface area contributed by atoms with Crippen molar-refractivity contribution in [3.63, 3.8) is 0 Å². The van der Waals surface area contributed by atoms with Gasteiger partial charge in [-0.2, -0.15) is 0 Å². The second-order valence-corrected chi connectivity index (χ2v) is 11.1. The number of hydrogen-bond acceptors (Lipinski definition) is 5. The number of benzene rings is 2. The van der Waals surface area contributed by atoms with Crippen LogP contribution in [0, 0.1) is 19.7 Å². The molecule has 0 radical (unpaired) electrons. The summed E-state index contributed by atoms with van der Waals surface area (Å²) >= 11 is 8.62. The molecule has 4 aromatic rings. The zero-order valence-electron chi connectivity index (χ0n) is 19.3. The Labute approximate surface area is 215 Å². The van der Waals surface area contributed by atoms with Gasteiger partial charge in [0, 0.05) is 10.6 Å². The summed E-state index contributed by atoms with van der Waals surface area (Å²) in [5, 5.41) is 3.84. The highest BCUT2D eigenvalue weighted by molar-refractivity contribution is 7.99. The second kappa shape index (κ2) is 9.76. The maximum absolute atomic E-state index is 13.9. The number of amides is 1. The van der Waals surface area contributed by atoms with Gasteiger partial charge in [0.2, 0.25) is 5.91 Å². The van der Waals surface area contributed by atoms with Crippen LogP contribution in [-0.4, -0.2) is 21.2 Å². The van der Waals surface area contributed by atoms with Gasteiger partial charge in [-0.15, -0.1) is 11.3 Å². The normalized spacial score (nSPS) is 13.1. The van der Waals surface area contributed by atoms with Gasteiger partial charge in [-0.1, -0.05) is 41.1 Å². The number of thioether (sulfide) groups is 1. The van der Waals surface area contributed by atoms with E-state index in [1.54, 1.807) is 15.9 Å². The van der Waals surface area contributed by atoms with E-state index in [9.17, 15) is 14.0 Å². The van der Waals surface area contributed by atoms with Crippen LogP contribution in [0.2, 0.25) is 5.02 Å². The molecule has 1 aliphatic carbocycles. The van der Waals surface area contributed by atoms with Crippen LogP contribution >= 0.6 is 34.7 Å². The lowest BCUT2D eigenvalue weighted by molar-refractivity contribution is -0.113. The number of aryl methyl sites for hydroxylation is 4. The molecule has 0 saturated heterocycles. The molecule has 2 aromatic heterocycles. The number of rotatable bonds is 5. The summed E-state index contributed by atoms with van der Waals surface area (Å²) in [4.78, 5) is 33.4. The van der Waals surface area contributed by atoms with Gasteiger partial charge >= 0.3 is 0 Å². The Balaban J connectivity index is 1.53. The minimum Gasteiger partial charge on any atom is -0.325 e. The minimum absolute atomic E-state index is 0.0307. The first-order chi connectivity index (χ1) is 16.8. The number of halogens is 2. The van der Waals surface area contributed by atoms with Crippen LogP contribution in [0.15, 0.2) is 46.3 Å². The van der Waals surface area contributed by atoms with Gasteiger partial charge in [0.1, 0.15) is 10.6 Å². The third-order valence-electron chi connectivity index (χ3n) is 6.09. The van der Waals surface area contributed by atoms with Gasteiger partial charge < -0.3 is 5.32 Å². The second-order valence-electron chi connectivity index (χ2n) is 8.68. The van der Waals surface area contributed by atoms with Crippen molar-refractivity contribution in [3.05, 3.63) is 79.2 Å². The van der Waals surface area contributed by atoms with Crippen molar-refractivity contribution >= 4 is 56.5 Å². The van der Waals surface area contributed by atoms with Gasteiger partial charge in [0.05, 0.1) is 21.8 Å². The largest absolute Gasteiger partial charge is 0.325 e. The molecule has 2 aromatic carbocycles. The molecule has 180 valence electrons. The zero-order valence-corrected chi connectivity index (χ0v) is 21.7. The highest BCUT2D eigenvalue weighted by Crippen LogP contribution is 2.35. The van der Waals surface area contributed by atoms with E-state index in [-0.39, 0.29) is 22.2 Å². The van der Waals surface area contributed by atoms with E-state index in [4.69, 9.17) is 16.6 Å². The first-order valence-corrected chi connectivity index (χ1v) is 13.5. The molecule has 35 heavy (non-hydrogen) atoms. The summed E-state index contributed by atoms with van der Waals surface area (Å²) < 4.78 is 15.1. The summed E-state index contributed by atoms with van der Waals surface area (Å²) in [7, 11) is 0. The molecule has 1 N–H and O–H groups in total. The molecule has 0 aliphatic heterocycles. The lowest BCUT2D eigenvalue weighted by atomic mass is 9.97. The molecule has 0 atom stereocenters. The maximum Gasteiger partial charge on any atom is 0.267 e. The number of thiophene rings is 1. The van der Waals surface area contributed by atoms with Crippen LogP contribution in [0.25, 0.3) is 15.9 Å². The predicted octanol–water partition coefficient (Wildman–Crippen LogP) is 6.47. The van der Waals surface area contributed by atoms with Crippen molar-refractivity contribution in [2.24, 2.45) is 0 Å². The topological polar surface area (TPSA) is 64.0 Å². The van der Waals surface area contributed by atoms with Gasteiger partial charge in [-0.3, -0.25) is 14.2 Å². The fourth-order valence-corrected chi connectivity index (χ4v) is 6.74. The highest BCUT2D eigenvalue weighted by atomic mass is 35.5. The van der Waals surface area contributed by atoms with E-state index in [0.29, 0.717) is 16.2 Å². The molecule has 0 unspecified atom stereocenters. The van der Waals surface area contributed by atoms with Crippen molar-refractivity contribution < 1.29 is 9.18 Å². The number of nitrogens with one attached hydrogen (secondary N) is 1. The van der Waals surface area contributed by atoms with E-state index in [0.717, 1.165) is 52.9 Å². The third-order valence-corrected chi connectivity index (χ3v) is 8.50. The first kappa shape index (κ1) is 24.0. The molecule has 0 spiro atoms. The van der Waals surface area contributed by atoms with Crippen LogP contribution in [0.1, 0.15) is 34.4 Å². The molecular formula is C26H23ClFN3O2S2. The summed E-state index contributed by atoms with van der Waals surface area (Å²) in [6.45, 7) is 3.99. The Hall–Kier alpha value is -2.68. The van der Waals surface area contributed by atoms with E-state index in [1.807, 2.05) is 32.0 Å². The van der Waals surface area contributed by atoms with Crippen LogP contribution in [-0.2, 0) is 17.6 Å². The van der Waals surface area contributed by atoms with Crippen LogP contribution in [0.5, 0.6) is 0 Å². The summed E-state index contributed by atoms with van der Waals surface area (Å²) in [5.41, 5.74) is 4.28. The average Bonchev–Trinajstić information content (AvgIpc) is 3.19. The van der Waals surface area contributed by atoms with E-state index < -0.39 is 5.82 Å². The van der Waals surface area contributed by atoms with Crippen molar-refractivity contribution in [2.45, 2.75) is 44.7 Å². The lowest BCUT2D eigenvalue weighted by Gasteiger charge is -2.15. The molecule has 5 nitrogen and oxygen atoms in total. The van der Waals surface area contributed by atoms with Crippen LogP contribution < -0.4 is 10.9 Å². The standard InChI is InChI=1S/C26H23ClFN3O2S2/c1-14-7-10-20(15(2)11-14)31-25(33)23-17-5-3-4-6-21(17)35-24(23)30-26(31)34-13-22(32)29-16-8-9-19(28)18(27)12-16/h7-12H,3-6,13H2,1-2H3,(H,29,32). The Bertz CT molecular complexity index is 1530. The Morgan fingerprint density at radius 2 is 2.00 bits per heavy atom. The van der Waals surface area contributed by atoms with Crippen molar-refractivity contribution in [1.82, 2.24) is 9.55 Å². The summed E-state index contributed by atoms with van der Waals surface area (Å²) in [5.74, 6) is -0.819. The Kier molecular flexibility index (Phi) is 6.70. The van der Waals surface area contributed by atoms with E-state index in [1.165, 1.54) is 34.8 Å². The number of nitrogens with zero attached hydrogens (tertiary/aromatic N) is 2. The quantitative estimate of drug-likeness (QED) is 0.239. The molecule has 0 fully saturated rings. The molecule has 5 rings (SSSR count). The van der Waals surface area contributed by atoms with Crippen molar-refractivity contribution in [3.8, 4) is 5.69 Å². The highest BCUT2D eigenvalue weighted by Gasteiger charge is 2.24. The van der Waals surface area contributed by atoms with Crippen molar-refractivity contribution in [1.29, 1.82) is 0 Å². The van der Waals surface area contributed by atoms with Crippen LogP contribution in [0.4, 0.5) is 10.1 Å². The van der Waals surface area contributed by atoms with Gasteiger partial charge in [-0.05, 0) is 74.9 Å². The molecule has 0 saturated carbocycles. The van der Waals surface area contributed by atoms with Gasteiger partial charge in [0.25, 0.3) is 5.56 Å². The molecule has 2 heterocycles. The number of aromatic nitrogens is 2. The zero-order chi connectivity index (χ0) is 24.7. The number of hydrogen-bond donors (Lipinski definition) is 1. The Morgan fingerprint density at radius 3 is 2.77 bits per heavy atom. The summed E-state index contributed by atoms with van der Waals surface area (Å²) in [6.07, 6.45) is 4.07. The molecular weight excluding hydrogens is 505 g/mol. The maximum atomic E-state index is 13.9. The van der Waals surface area contributed by atoms with E-state index in [2.05, 4.69) is 5.32 Å². The number of anilines is 1. The SMILES string of the molecule is Cc1ccc(-n2c(SCC(=O)Nc3ccc(F)c(Cl)c3)nc3sc4c(c3c2=O)CCCC4)c(C)c1.